The number of anilines is 1. The second-order valence-corrected chi connectivity index (χ2v) is 7.01. The Hall–Kier alpha value is -3.49. The molecule has 0 radical (unpaired) electrons. The molecule has 0 unspecified atom stereocenters. The first-order valence-corrected chi connectivity index (χ1v) is 9.93. The van der Waals surface area contributed by atoms with Crippen molar-refractivity contribution in [1.29, 1.82) is 0 Å². The fourth-order valence-electron chi connectivity index (χ4n) is 3.41. The van der Waals surface area contributed by atoms with E-state index < -0.39 is 6.61 Å². The summed E-state index contributed by atoms with van der Waals surface area (Å²) in [5.41, 5.74) is 2.80. The average Bonchev–Trinajstić information content (AvgIpc) is 3.46. The molecule has 2 heterocycles. The minimum Gasteiger partial charge on any atom is -0.454 e. The highest BCUT2D eigenvalue weighted by Gasteiger charge is 2.20. The molecule has 2 aromatic rings. The van der Waals surface area contributed by atoms with Gasteiger partial charge in [0.15, 0.2) is 17.5 Å². The summed E-state index contributed by atoms with van der Waals surface area (Å²) in [5.74, 6) is 1.45. The molecule has 0 saturated carbocycles. The number of guanidine groups is 1. The van der Waals surface area contributed by atoms with E-state index in [2.05, 4.69) is 61.7 Å². The van der Waals surface area contributed by atoms with Gasteiger partial charge in [-0.05, 0) is 23.8 Å². The Labute approximate surface area is 179 Å². The smallest absolute Gasteiger partial charge is 0.387 e. The third kappa shape index (κ3) is 5.17. The molecule has 164 valence electrons. The number of nitrogens with zero attached hydrogens (tertiary/aromatic N) is 2. The summed E-state index contributed by atoms with van der Waals surface area (Å²) >= 11 is 0. The van der Waals surface area contributed by atoms with Crippen LogP contribution in [0.25, 0.3) is 0 Å². The molecule has 0 aromatic heterocycles. The van der Waals surface area contributed by atoms with Crippen LogP contribution < -0.4 is 29.7 Å². The first-order valence-electron chi connectivity index (χ1n) is 9.93. The van der Waals surface area contributed by atoms with E-state index >= 15 is 0 Å². The fraction of sp³-hybridized carbons (Fsp3) is 0.318. The van der Waals surface area contributed by atoms with E-state index in [-0.39, 0.29) is 19.1 Å². The van der Waals surface area contributed by atoms with Crippen LogP contribution in [0.2, 0.25) is 0 Å². The second-order valence-electron chi connectivity index (χ2n) is 7.01. The maximum atomic E-state index is 12.8. The van der Waals surface area contributed by atoms with Crippen molar-refractivity contribution in [3.05, 3.63) is 59.7 Å². The van der Waals surface area contributed by atoms with Crippen molar-refractivity contribution in [3.8, 4) is 17.2 Å². The predicted octanol–water partition coefficient (Wildman–Crippen LogP) is 3.26. The highest BCUT2D eigenvalue weighted by atomic mass is 19.3. The van der Waals surface area contributed by atoms with Gasteiger partial charge >= 0.3 is 6.61 Å². The molecule has 2 N–H and O–H groups in total. The lowest BCUT2D eigenvalue weighted by molar-refractivity contribution is -0.0505. The highest BCUT2D eigenvalue weighted by Crippen LogP contribution is 2.38. The number of rotatable bonds is 7. The Morgan fingerprint density at radius 2 is 1.74 bits per heavy atom. The maximum Gasteiger partial charge on any atom is 0.387 e. The molecular weight excluding hydrogens is 406 g/mol. The van der Waals surface area contributed by atoms with Crippen molar-refractivity contribution in [1.82, 2.24) is 10.6 Å². The topological polar surface area (TPSA) is 67.4 Å². The highest BCUT2D eigenvalue weighted by molar-refractivity contribution is 5.79. The Balaban J connectivity index is 1.34. The van der Waals surface area contributed by atoms with Gasteiger partial charge in [0.2, 0.25) is 6.79 Å². The second kappa shape index (κ2) is 9.55. The zero-order valence-electron chi connectivity index (χ0n) is 17.1. The SMILES string of the molecule is CN=C(NCc1ccc(N2CC=CC2)cc1)NCc1cc2c(cc1OC(F)F)OCO2. The molecular formula is C22H24F2N4O3. The number of hydrogen-bond acceptors (Lipinski definition) is 5. The lowest BCUT2D eigenvalue weighted by Crippen LogP contribution is -2.36. The first kappa shape index (κ1) is 20.8. The molecule has 0 fully saturated rings. The quantitative estimate of drug-likeness (QED) is 0.399. The largest absolute Gasteiger partial charge is 0.454 e. The number of hydrogen-bond donors (Lipinski definition) is 2. The van der Waals surface area contributed by atoms with Crippen LogP contribution in [-0.4, -0.2) is 39.5 Å². The lowest BCUT2D eigenvalue weighted by atomic mass is 10.1. The summed E-state index contributed by atoms with van der Waals surface area (Å²) in [6, 6.07) is 11.4. The van der Waals surface area contributed by atoms with Crippen LogP contribution in [0.1, 0.15) is 11.1 Å². The van der Waals surface area contributed by atoms with Crippen molar-refractivity contribution < 1.29 is 23.0 Å². The third-order valence-corrected chi connectivity index (χ3v) is 5.02. The van der Waals surface area contributed by atoms with Gasteiger partial charge < -0.3 is 29.7 Å². The van der Waals surface area contributed by atoms with Crippen LogP contribution in [0, 0.1) is 0 Å². The number of halogens is 2. The van der Waals surface area contributed by atoms with Crippen molar-refractivity contribution in [2.24, 2.45) is 4.99 Å². The van der Waals surface area contributed by atoms with Gasteiger partial charge in [-0.2, -0.15) is 8.78 Å². The lowest BCUT2D eigenvalue weighted by Gasteiger charge is -2.18. The van der Waals surface area contributed by atoms with Crippen LogP contribution >= 0.6 is 0 Å². The van der Waals surface area contributed by atoms with Crippen LogP contribution in [0.3, 0.4) is 0 Å². The minimum atomic E-state index is -2.93. The molecule has 31 heavy (non-hydrogen) atoms. The van der Waals surface area contributed by atoms with E-state index in [0.29, 0.717) is 29.6 Å². The summed E-state index contributed by atoms with van der Waals surface area (Å²) < 4.78 is 40.8. The van der Waals surface area contributed by atoms with Gasteiger partial charge in [-0.3, -0.25) is 4.99 Å². The molecule has 0 bridgehead atoms. The molecule has 0 atom stereocenters. The summed E-state index contributed by atoms with van der Waals surface area (Å²) in [5, 5.41) is 6.34. The Kier molecular flexibility index (Phi) is 6.40. The summed E-state index contributed by atoms with van der Waals surface area (Å²) in [4.78, 5) is 6.47. The monoisotopic (exact) mass is 430 g/mol. The van der Waals surface area contributed by atoms with E-state index in [1.807, 2.05) is 0 Å². The number of benzene rings is 2. The van der Waals surface area contributed by atoms with E-state index in [9.17, 15) is 8.78 Å². The maximum absolute atomic E-state index is 12.8. The molecule has 0 spiro atoms. The van der Waals surface area contributed by atoms with Crippen molar-refractivity contribution >= 4 is 11.6 Å². The standard InChI is InChI=1S/C22H24F2N4O3/c1-25-22(26-12-15-4-6-17(7-5-15)28-8-2-3-9-28)27-13-16-10-19-20(30-14-29-19)11-18(16)31-21(23)24/h2-7,10-11,21H,8-9,12-14H2,1H3,(H2,25,26,27). The molecule has 7 nitrogen and oxygen atoms in total. The van der Waals surface area contributed by atoms with Crippen LogP contribution in [0.15, 0.2) is 53.5 Å². The zero-order valence-corrected chi connectivity index (χ0v) is 17.1. The average molecular weight is 430 g/mol. The van der Waals surface area contributed by atoms with Gasteiger partial charge in [0.25, 0.3) is 0 Å². The normalized spacial score (nSPS) is 15.0. The fourth-order valence-corrected chi connectivity index (χ4v) is 3.41. The van der Waals surface area contributed by atoms with Crippen LogP contribution in [0.4, 0.5) is 14.5 Å². The minimum absolute atomic E-state index is 0.0363. The van der Waals surface area contributed by atoms with Gasteiger partial charge in [-0.1, -0.05) is 24.3 Å². The van der Waals surface area contributed by atoms with E-state index in [4.69, 9.17) is 9.47 Å². The number of alkyl halides is 2. The van der Waals surface area contributed by atoms with Crippen LogP contribution in [-0.2, 0) is 13.1 Å². The van der Waals surface area contributed by atoms with Gasteiger partial charge in [0.1, 0.15) is 5.75 Å². The van der Waals surface area contributed by atoms with Crippen molar-refractivity contribution in [3.63, 3.8) is 0 Å². The first-order chi connectivity index (χ1) is 15.1. The van der Waals surface area contributed by atoms with Crippen molar-refractivity contribution in [2.75, 3.05) is 31.8 Å². The summed E-state index contributed by atoms with van der Waals surface area (Å²) in [6.07, 6.45) is 4.31. The van der Waals surface area contributed by atoms with Gasteiger partial charge in [-0.25, -0.2) is 0 Å². The van der Waals surface area contributed by atoms with E-state index in [1.165, 1.54) is 11.8 Å². The molecule has 9 heteroatoms. The van der Waals surface area contributed by atoms with Crippen molar-refractivity contribution in [2.45, 2.75) is 19.7 Å². The zero-order chi connectivity index (χ0) is 21.6. The molecule has 4 rings (SSSR count). The van der Waals surface area contributed by atoms with Crippen LogP contribution in [0.5, 0.6) is 17.2 Å². The molecule has 0 saturated heterocycles. The predicted molar refractivity (Wildman–Crippen MR) is 114 cm³/mol. The number of ether oxygens (including phenoxy) is 3. The molecule has 2 aromatic carbocycles. The molecule has 2 aliphatic heterocycles. The van der Waals surface area contributed by atoms with Gasteiger partial charge in [0.05, 0.1) is 0 Å². The number of aliphatic imine (C=N–C) groups is 1. The Morgan fingerprint density at radius 1 is 1.06 bits per heavy atom. The van der Waals surface area contributed by atoms with Gasteiger partial charge in [-0.15, -0.1) is 0 Å². The molecule has 0 aliphatic carbocycles. The molecule has 2 aliphatic rings. The van der Waals surface area contributed by atoms with E-state index in [0.717, 1.165) is 18.7 Å². The third-order valence-electron chi connectivity index (χ3n) is 5.02. The number of fused-ring (bicyclic) bond motifs is 1. The Bertz CT molecular complexity index is 956. The molecule has 0 amide bonds. The Morgan fingerprint density at radius 3 is 2.42 bits per heavy atom. The van der Waals surface area contributed by atoms with Gasteiger partial charge in [0, 0.05) is 50.5 Å². The van der Waals surface area contributed by atoms with E-state index in [1.54, 1.807) is 13.1 Å². The number of nitrogens with one attached hydrogen (secondary N) is 2. The summed E-state index contributed by atoms with van der Waals surface area (Å²) in [6.45, 7) is -0.220. The summed E-state index contributed by atoms with van der Waals surface area (Å²) in [7, 11) is 1.65.